The Hall–Kier alpha value is -3.11. The molecule has 1 aromatic carbocycles. The van der Waals surface area contributed by atoms with Gasteiger partial charge < -0.3 is 4.90 Å². The first-order valence-corrected chi connectivity index (χ1v) is 8.46. The van der Waals surface area contributed by atoms with E-state index in [9.17, 15) is 19.7 Å². The molecule has 0 unspecified atom stereocenters. The Bertz CT molecular complexity index is 933. The number of likely N-dealkylation sites (N-methyl/N-ethyl adjacent to an activating group) is 1. The molecule has 1 aliphatic rings. The molecule has 1 amide bonds. The predicted octanol–water partition coefficient (Wildman–Crippen LogP) is 0.341. The summed E-state index contributed by atoms with van der Waals surface area (Å²) in [4.78, 5) is 37.7. The molecule has 0 spiro atoms. The topological polar surface area (TPSA) is 114 Å². The zero-order chi connectivity index (χ0) is 19.6. The normalized spacial score (nSPS) is 15.5. The highest BCUT2D eigenvalue weighted by Crippen LogP contribution is 2.22. The second kappa shape index (κ2) is 7.64. The van der Waals surface area contributed by atoms with Gasteiger partial charge in [0.05, 0.1) is 4.92 Å². The van der Waals surface area contributed by atoms with Gasteiger partial charge in [-0.1, -0.05) is 12.1 Å². The van der Waals surface area contributed by atoms with Crippen LogP contribution in [0.2, 0.25) is 0 Å². The van der Waals surface area contributed by atoms with Crippen molar-refractivity contribution in [1.29, 1.82) is 0 Å². The van der Waals surface area contributed by atoms with Gasteiger partial charge in [-0.2, -0.15) is 5.10 Å². The molecule has 1 aliphatic heterocycles. The average Bonchev–Trinajstić information content (AvgIpc) is 2.63. The minimum atomic E-state index is -0.628. The van der Waals surface area contributed by atoms with Crippen molar-refractivity contribution in [2.75, 3.05) is 33.2 Å². The minimum Gasteiger partial charge on any atom is -0.304 e. The van der Waals surface area contributed by atoms with Crippen molar-refractivity contribution >= 4 is 11.6 Å². The third-order valence-electron chi connectivity index (χ3n) is 4.39. The van der Waals surface area contributed by atoms with Crippen molar-refractivity contribution in [2.45, 2.75) is 6.92 Å². The van der Waals surface area contributed by atoms with E-state index in [1.807, 2.05) is 7.05 Å². The third kappa shape index (κ3) is 4.01. The van der Waals surface area contributed by atoms with Crippen molar-refractivity contribution in [1.82, 2.24) is 25.1 Å². The van der Waals surface area contributed by atoms with Gasteiger partial charge in [-0.3, -0.25) is 25.1 Å². The molecule has 0 aliphatic carbocycles. The Kier molecular flexibility index (Phi) is 5.28. The van der Waals surface area contributed by atoms with Crippen molar-refractivity contribution in [3.8, 4) is 5.69 Å². The number of aromatic nitrogens is 2. The summed E-state index contributed by atoms with van der Waals surface area (Å²) in [6.07, 6.45) is 0. The molecule has 0 atom stereocenters. The number of nitro benzene ring substituents is 1. The predicted molar refractivity (Wildman–Crippen MR) is 97.8 cm³/mol. The summed E-state index contributed by atoms with van der Waals surface area (Å²) >= 11 is 0. The standard InChI is InChI=1S/C17H20N6O4/c1-12-11-15(24)16(17(25)19-21-9-7-20(2)8-10-21)18-22(12)13-5-3-4-6-14(13)23(26)27/h3-6,11H,7-10H2,1-2H3,(H,19,25). The van der Waals surface area contributed by atoms with Gasteiger partial charge in [-0.25, -0.2) is 9.69 Å². The number of amides is 1. The third-order valence-corrected chi connectivity index (χ3v) is 4.39. The number of nitrogens with zero attached hydrogens (tertiary/aromatic N) is 5. The van der Waals surface area contributed by atoms with E-state index in [4.69, 9.17) is 0 Å². The molecule has 1 fully saturated rings. The number of aryl methyl sites for hydroxylation is 1. The first-order valence-electron chi connectivity index (χ1n) is 8.46. The maximum atomic E-state index is 12.6. The highest BCUT2D eigenvalue weighted by Gasteiger charge is 2.22. The summed E-state index contributed by atoms with van der Waals surface area (Å²) in [7, 11) is 1.99. The van der Waals surface area contributed by atoms with Gasteiger partial charge in [0.1, 0.15) is 5.69 Å². The molecule has 27 heavy (non-hydrogen) atoms. The molecular formula is C17H20N6O4. The summed E-state index contributed by atoms with van der Waals surface area (Å²) in [5.74, 6) is -0.628. The Morgan fingerprint density at radius 3 is 2.56 bits per heavy atom. The van der Waals surface area contributed by atoms with Gasteiger partial charge in [-0.15, -0.1) is 0 Å². The number of hydrogen-bond acceptors (Lipinski definition) is 7. The maximum Gasteiger partial charge on any atom is 0.294 e. The molecule has 2 heterocycles. The summed E-state index contributed by atoms with van der Waals surface area (Å²) in [5.41, 5.74) is 2.27. The number of nitrogens with one attached hydrogen (secondary N) is 1. The molecule has 10 heteroatoms. The zero-order valence-electron chi connectivity index (χ0n) is 15.1. The maximum absolute atomic E-state index is 12.6. The van der Waals surface area contributed by atoms with Crippen LogP contribution in [0.1, 0.15) is 16.2 Å². The molecule has 10 nitrogen and oxygen atoms in total. The fourth-order valence-corrected chi connectivity index (χ4v) is 2.86. The quantitative estimate of drug-likeness (QED) is 0.608. The minimum absolute atomic E-state index is 0.165. The van der Waals surface area contributed by atoms with Crippen molar-refractivity contribution < 1.29 is 9.72 Å². The number of hydrogen-bond donors (Lipinski definition) is 1. The molecule has 2 aromatic rings. The summed E-state index contributed by atoms with van der Waals surface area (Å²) < 4.78 is 1.25. The summed E-state index contributed by atoms with van der Waals surface area (Å²) in [6.45, 7) is 4.45. The van der Waals surface area contributed by atoms with Crippen LogP contribution in [-0.4, -0.2) is 63.7 Å². The van der Waals surface area contributed by atoms with E-state index < -0.39 is 16.3 Å². The van der Waals surface area contributed by atoms with Crippen LogP contribution in [0.3, 0.4) is 0 Å². The number of hydrazine groups is 1. The fraction of sp³-hybridized carbons (Fsp3) is 0.353. The van der Waals surface area contributed by atoms with Crippen LogP contribution in [0.25, 0.3) is 5.69 Å². The number of para-hydroxylation sites is 2. The lowest BCUT2D eigenvalue weighted by Gasteiger charge is -2.32. The van der Waals surface area contributed by atoms with Gasteiger partial charge in [0, 0.05) is 44.0 Å². The lowest BCUT2D eigenvalue weighted by Crippen LogP contribution is -2.53. The second-order valence-corrected chi connectivity index (χ2v) is 6.39. The van der Waals surface area contributed by atoms with Crippen LogP contribution in [0.5, 0.6) is 0 Å². The smallest absolute Gasteiger partial charge is 0.294 e. The molecule has 0 radical (unpaired) electrons. The SMILES string of the molecule is Cc1cc(=O)c(C(=O)NN2CCN(C)CC2)nn1-c1ccccc1[N+](=O)[O-]. The van der Waals surface area contributed by atoms with E-state index in [0.29, 0.717) is 18.8 Å². The number of nitro groups is 1. The average molecular weight is 372 g/mol. The fourth-order valence-electron chi connectivity index (χ4n) is 2.86. The Labute approximate surface area is 155 Å². The number of carbonyl (C=O) groups is 1. The van der Waals surface area contributed by atoms with Crippen molar-refractivity contribution in [2.24, 2.45) is 0 Å². The lowest BCUT2D eigenvalue weighted by atomic mass is 10.2. The number of carbonyl (C=O) groups excluding carboxylic acids is 1. The number of benzene rings is 1. The van der Waals surface area contributed by atoms with E-state index in [0.717, 1.165) is 13.1 Å². The first kappa shape index (κ1) is 18.7. The van der Waals surface area contributed by atoms with Gasteiger partial charge in [-0.05, 0) is 20.0 Å². The number of piperazine rings is 1. The molecule has 3 rings (SSSR count). The first-order chi connectivity index (χ1) is 12.9. The summed E-state index contributed by atoms with van der Waals surface area (Å²) in [6, 6.07) is 7.29. The monoisotopic (exact) mass is 372 g/mol. The Morgan fingerprint density at radius 1 is 1.22 bits per heavy atom. The molecule has 0 bridgehead atoms. The van der Waals surface area contributed by atoms with Crippen LogP contribution in [0.4, 0.5) is 5.69 Å². The molecular weight excluding hydrogens is 352 g/mol. The Balaban J connectivity index is 1.94. The van der Waals surface area contributed by atoms with E-state index >= 15 is 0 Å². The van der Waals surface area contributed by atoms with Gasteiger partial charge in [0.25, 0.3) is 11.6 Å². The second-order valence-electron chi connectivity index (χ2n) is 6.39. The van der Waals surface area contributed by atoms with Crippen LogP contribution >= 0.6 is 0 Å². The summed E-state index contributed by atoms with van der Waals surface area (Å²) in [5, 5.41) is 17.1. The van der Waals surface area contributed by atoms with Gasteiger partial charge in [0.15, 0.2) is 5.69 Å². The molecule has 142 valence electrons. The molecule has 1 aromatic heterocycles. The van der Waals surface area contributed by atoms with Crippen LogP contribution < -0.4 is 10.9 Å². The molecule has 1 saturated heterocycles. The highest BCUT2D eigenvalue weighted by molar-refractivity contribution is 5.91. The highest BCUT2D eigenvalue weighted by atomic mass is 16.6. The Morgan fingerprint density at radius 2 is 1.89 bits per heavy atom. The largest absolute Gasteiger partial charge is 0.304 e. The van der Waals surface area contributed by atoms with E-state index in [2.05, 4.69) is 15.4 Å². The van der Waals surface area contributed by atoms with Gasteiger partial charge in [0.2, 0.25) is 5.43 Å². The lowest BCUT2D eigenvalue weighted by molar-refractivity contribution is -0.384. The van der Waals surface area contributed by atoms with Crippen LogP contribution in [0.15, 0.2) is 35.1 Å². The van der Waals surface area contributed by atoms with Gasteiger partial charge >= 0.3 is 0 Å². The number of rotatable bonds is 4. The van der Waals surface area contributed by atoms with Crippen molar-refractivity contribution in [3.63, 3.8) is 0 Å². The molecule has 1 N–H and O–H groups in total. The van der Waals surface area contributed by atoms with Crippen LogP contribution in [-0.2, 0) is 0 Å². The van der Waals surface area contributed by atoms with E-state index in [-0.39, 0.29) is 17.1 Å². The van der Waals surface area contributed by atoms with E-state index in [1.54, 1.807) is 24.1 Å². The zero-order valence-corrected chi connectivity index (χ0v) is 15.1. The van der Waals surface area contributed by atoms with Crippen LogP contribution in [0, 0.1) is 17.0 Å². The van der Waals surface area contributed by atoms with E-state index in [1.165, 1.54) is 22.9 Å². The van der Waals surface area contributed by atoms with Crippen molar-refractivity contribution in [3.05, 3.63) is 62.1 Å². The molecule has 0 saturated carbocycles.